The molecular formula is C11H11ClN2O. The van der Waals surface area contributed by atoms with Gasteiger partial charge in [-0.05, 0) is 18.6 Å². The standard InChI is InChI=1S/C11H11ClN2O/c12-9-4-1-5-10-11(9)15-7-8(14-10)3-2-6-13/h1,4-5,8,14H,2-3,7H2. The van der Waals surface area contributed by atoms with E-state index in [0.29, 0.717) is 23.8 Å². The number of halogens is 1. The molecule has 1 heterocycles. The summed E-state index contributed by atoms with van der Waals surface area (Å²) in [5.74, 6) is 0.715. The average Bonchev–Trinajstić information content (AvgIpc) is 2.26. The molecule has 1 aromatic carbocycles. The Labute approximate surface area is 93.6 Å². The number of ether oxygens (including phenoxy) is 1. The summed E-state index contributed by atoms with van der Waals surface area (Å²) >= 11 is 5.98. The van der Waals surface area contributed by atoms with Crippen molar-refractivity contribution in [2.24, 2.45) is 0 Å². The Morgan fingerprint density at radius 1 is 1.60 bits per heavy atom. The van der Waals surface area contributed by atoms with Gasteiger partial charge in [0.1, 0.15) is 6.61 Å². The number of anilines is 1. The molecular weight excluding hydrogens is 212 g/mol. The van der Waals surface area contributed by atoms with Crippen LogP contribution in [0.4, 0.5) is 5.69 Å². The van der Waals surface area contributed by atoms with Gasteiger partial charge in [0.15, 0.2) is 5.75 Å². The van der Waals surface area contributed by atoms with Gasteiger partial charge in [0.2, 0.25) is 0 Å². The summed E-state index contributed by atoms with van der Waals surface area (Å²) in [7, 11) is 0. The lowest BCUT2D eigenvalue weighted by atomic mass is 10.1. The molecule has 0 aromatic heterocycles. The van der Waals surface area contributed by atoms with E-state index >= 15 is 0 Å². The zero-order valence-electron chi connectivity index (χ0n) is 8.16. The summed E-state index contributed by atoms with van der Waals surface area (Å²) in [5, 5.41) is 12.4. The summed E-state index contributed by atoms with van der Waals surface area (Å²) < 4.78 is 5.56. The van der Waals surface area contributed by atoms with Gasteiger partial charge in [0, 0.05) is 6.42 Å². The molecule has 0 saturated heterocycles. The first-order valence-corrected chi connectivity index (χ1v) is 5.24. The molecule has 15 heavy (non-hydrogen) atoms. The Morgan fingerprint density at radius 2 is 2.47 bits per heavy atom. The van der Waals surface area contributed by atoms with Crippen LogP contribution in [-0.4, -0.2) is 12.6 Å². The number of para-hydroxylation sites is 1. The molecule has 0 aliphatic carbocycles. The van der Waals surface area contributed by atoms with E-state index in [2.05, 4.69) is 11.4 Å². The lowest BCUT2D eigenvalue weighted by molar-refractivity contribution is 0.279. The maximum absolute atomic E-state index is 8.50. The predicted octanol–water partition coefficient (Wildman–Crippen LogP) is 2.82. The first-order valence-electron chi connectivity index (χ1n) is 4.86. The van der Waals surface area contributed by atoms with Crippen LogP contribution in [0.3, 0.4) is 0 Å². The topological polar surface area (TPSA) is 45.0 Å². The minimum Gasteiger partial charge on any atom is -0.488 e. The SMILES string of the molecule is N#CCCC1COc2c(Cl)cccc2N1. The Kier molecular flexibility index (Phi) is 2.98. The molecule has 0 amide bonds. The first-order chi connectivity index (χ1) is 7.31. The Morgan fingerprint density at radius 3 is 3.27 bits per heavy atom. The normalized spacial score (nSPS) is 18.3. The van der Waals surface area contributed by atoms with Crippen molar-refractivity contribution in [2.75, 3.05) is 11.9 Å². The summed E-state index contributed by atoms with van der Waals surface area (Å²) in [6.45, 7) is 0.568. The molecule has 0 saturated carbocycles. The summed E-state index contributed by atoms with van der Waals surface area (Å²) in [6.07, 6.45) is 1.33. The molecule has 2 rings (SSSR count). The molecule has 0 bridgehead atoms. The smallest absolute Gasteiger partial charge is 0.161 e. The van der Waals surface area contributed by atoms with Crippen LogP contribution in [0.5, 0.6) is 5.75 Å². The van der Waals surface area contributed by atoms with Crippen molar-refractivity contribution in [3.8, 4) is 11.8 Å². The predicted molar refractivity (Wildman–Crippen MR) is 59.2 cm³/mol. The molecule has 1 aromatic rings. The van der Waals surface area contributed by atoms with Crippen LogP contribution >= 0.6 is 11.6 Å². The monoisotopic (exact) mass is 222 g/mol. The molecule has 3 nitrogen and oxygen atoms in total. The zero-order valence-corrected chi connectivity index (χ0v) is 8.92. The summed E-state index contributed by atoms with van der Waals surface area (Å²) in [5.41, 5.74) is 0.914. The molecule has 4 heteroatoms. The van der Waals surface area contributed by atoms with Gasteiger partial charge in [-0.15, -0.1) is 0 Å². The number of nitrogens with one attached hydrogen (secondary N) is 1. The maximum Gasteiger partial charge on any atom is 0.161 e. The van der Waals surface area contributed by atoms with Gasteiger partial charge in [-0.2, -0.15) is 5.26 Å². The van der Waals surface area contributed by atoms with Gasteiger partial charge in [-0.3, -0.25) is 0 Å². The third kappa shape index (κ3) is 2.16. The molecule has 1 aliphatic rings. The van der Waals surface area contributed by atoms with Gasteiger partial charge in [0.05, 0.1) is 22.8 Å². The van der Waals surface area contributed by atoms with Crippen molar-refractivity contribution in [2.45, 2.75) is 18.9 Å². The van der Waals surface area contributed by atoms with Crippen LogP contribution in [0, 0.1) is 11.3 Å². The summed E-state index contributed by atoms with van der Waals surface area (Å²) in [6, 6.07) is 7.95. The zero-order chi connectivity index (χ0) is 10.7. The molecule has 1 aliphatic heterocycles. The average molecular weight is 223 g/mol. The molecule has 0 fully saturated rings. The van der Waals surface area contributed by atoms with Crippen LogP contribution in [0.1, 0.15) is 12.8 Å². The molecule has 1 unspecified atom stereocenters. The minimum absolute atomic E-state index is 0.204. The van der Waals surface area contributed by atoms with Crippen molar-refractivity contribution in [1.29, 1.82) is 5.26 Å². The van der Waals surface area contributed by atoms with Crippen LogP contribution in [0.15, 0.2) is 18.2 Å². The highest BCUT2D eigenvalue weighted by Crippen LogP contribution is 2.36. The fraction of sp³-hybridized carbons (Fsp3) is 0.364. The van der Waals surface area contributed by atoms with Gasteiger partial charge >= 0.3 is 0 Å². The lowest BCUT2D eigenvalue weighted by Crippen LogP contribution is -2.31. The van der Waals surface area contributed by atoms with E-state index in [4.69, 9.17) is 21.6 Å². The third-order valence-corrected chi connectivity index (χ3v) is 2.66. The van der Waals surface area contributed by atoms with Crippen LogP contribution in [0.2, 0.25) is 5.02 Å². The van der Waals surface area contributed by atoms with Crippen LogP contribution in [-0.2, 0) is 0 Å². The molecule has 1 N–H and O–H groups in total. The van der Waals surface area contributed by atoms with Crippen molar-refractivity contribution in [1.82, 2.24) is 0 Å². The van der Waals surface area contributed by atoms with Crippen LogP contribution in [0.25, 0.3) is 0 Å². The van der Waals surface area contributed by atoms with Gasteiger partial charge < -0.3 is 10.1 Å². The molecule has 0 radical (unpaired) electrons. The minimum atomic E-state index is 0.204. The number of nitrogens with zero attached hydrogens (tertiary/aromatic N) is 1. The first kappa shape index (κ1) is 10.1. The second kappa shape index (κ2) is 4.41. The summed E-state index contributed by atoms with van der Waals surface area (Å²) in [4.78, 5) is 0. The van der Waals surface area contributed by atoms with E-state index in [0.717, 1.165) is 12.1 Å². The quantitative estimate of drug-likeness (QED) is 0.837. The van der Waals surface area contributed by atoms with E-state index < -0.39 is 0 Å². The number of hydrogen-bond donors (Lipinski definition) is 1. The Bertz CT molecular complexity index is 400. The van der Waals surface area contributed by atoms with E-state index in [9.17, 15) is 0 Å². The van der Waals surface area contributed by atoms with Crippen LogP contribution < -0.4 is 10.1 Å². The Hall–Kier alpha value is -1.40. The number of rotatable bonds is 2. The second-order valence-electron chi connectivity index (χ2n) is 3.47. The van der Waals surface area contributed by atoms with Crippen molar-refractivity contribution in [3.63, 3.8) is 0 Å². The van der Waals surface area contributed by atoms with E-state index in [-0.39, 0.29) is 6.04 Å². The largest absolute Gasteiger partial charge is 0.488 e. The highest BCUT2D eigenvalue weighted by atomic mass is 35.5. The van der Waals surface area contributed by atoms with Gasteiger partial charge in [0.25, 0.3) is 0 Å². The number of nitriles is 1. The maximum atomic E-state index is 8.50. The molecule has 0 spiro atoms. The molecule has 78 valence electrons. The van der Waals surface area contributed by atoms with E-state index in [1.54, 1.807) is 6.07 Å². The number of fused-ring (bicyclic) bond motifs is 1. The van der Waals surface area contributed by atoms with Gasteiger partial charge in [-0.25, -0.2) is 0 Å². The van der Waals surface area contributed by atoms with Crippen molar-refractivity contribution in [3.05, 3.63) is 23.2 Å². The third-order valence-electron chi connectivity index (χ3n) is 2.36. The fourth-order valence-corrected chi connectivity index (χ4v) is 1.84. The highest BCUT2D eigenvalue weighted by Gasteiger charge is 2.19. The van der Waals surface area contributed by atoms with Crippen molar-refractivity contribution >= 4 is 17.3 Å². The highest BCUT2D eigenvalue weighted by molar-refractivity contribution is 6.32. The number of benzene rings is 1. The number of hydrogen-bond acceptors (Lipinski definition) is 3. The van der Waals surface area contributed by atoms with E-state index in [1.165, 1.54) is 0 Å². The lowest BCUT2D eigenvalue weighted by Gasteiger charge is -2.27. The molecule has 1 atom stereocenters. The van der Waals surface area contributed by atoms with E-state index in [1.807, 2.05) is 12.1 Å². The van der Waals surface area contributed by atoms with Crippen molar-refractivity contribution < 1.29 is 4.74 Å². The Balaban J connectivity index is 2.11. The fourth-order valence-electron chi connectivity index (χ4n) is 1.61. The second-order valence-corrected chi connectivity index (χ2v) is 3.87. The van der Waals surface area contributed by atoms with Gasteiger partial charge in [-0.1, -0.05) is 17.7 Å².